The van der Waals surface area contributed by atoms with E-state index in [1.165, 1.54) is 4.90 Å². The van der Waals surface area contributed by atoms with Gasteiger partial charge in [0.2, 0.25) is 5.91 Å². The number of methoxy groups -OCH3 is 1. The van der Waals surface area contributed by atoms with Crippen molar-refractivity contribution in [2.45, 2.75) is 13.0 Å². The summed E-state index contributed by atoms with van der Waals surface area (Å²) in [5.41, 5.74) is 7.39. The lowest BCUT2D eigenvalue weighted by molar-refractivity contribution is -0.130. The maximum absolute atomic E-state index is 11.8. The molecule has 1 aromatic rings. The summed E-state index contributed by atoms with van der Waals surface area (Å²) in [5, 5.41) is 0.542. The van der Waals surface area contributed by atoms with Crippen LogP contribution in [0.3, 0.4) is 0 Å². The van der Waals surface area contributed by atoms with Gasteiger partial charge in [-0.05, 0) is 24.6 Å². The number of benzene rings is 1. The Bertz CT molecular complexity index is 433. The number of halogens is 1. The second kappa shape index (κ2) is 5.38. The fourth-order valence-corrected chi connectivity index (χ4v) is 1.96. The Morgan fingerprint density at radius 3 is 2.53 bits per heavy atom. The quantitative estimate of drug-likeness (QED) is 0.896. The molecule has 94 valence electrons. The van der Waals surface area contributed by atoms with E-state index in [0.717, 1.165) is 5.56 Å². The van der Waals surface area contributed by atoms with E-state index in [0.29, 0.717) is 16.3 Å². The number of aryl methyl sites for hydroxylation is 1. The van der Waals surface area contributed by atoms with Crippen LogP contribution >= 0.6 is 11.6 Å². The van der Waals surface area contributed by atoms with Crippen LogP contribution in [0.15, 0.2) is 12.1 Å². The summed E-state index contributed by atoms with van der Waals surface area (Å²) in [5.74, 6) is 0.419. The van der Waals surface area contributed by atoms with Crippen molar-refractivity contribution >= 4 is 17.5 Å². The third-order valence-corrected chi connectivity index (χ3v) is 2.73. The van der Waals surface area contributed by atoms with Gasteiger partial charge in [-0.1, -0.05) is 11.6 Å². The number of nitrogens with two attached hydrogens (primary N) is 1. The van der Waals surface area contributed by atoms with Crippen molar-refractivity contribution in [2.24, 2.45) is 5.73 Å². The Morgan fingerprint density at radius 2 is 2.06 bits per heavy atom. The lowest BCUT2D eigenvalue weighted by Gasteiger charge is -2.20. The van der Waals surface area contributed by atoms with Crippen molar-refractivity contribution in [3.63, 3.8) is 0 Å². The highest BCUT2D eigenvalue weighted by molar-refractivity contribution is 6.30. The fourth-order valence-electron chi connectivity index (χ4n) is 1.68. The van der Waals surface area contributed by atoms with Gasteiger partial charge in [0, 0.05) is 24.7 Å². The number of ether oxygens (including phenoxy) is 1. The van der Waals surface area contributed by atoms with Gasteiger partial charge in [-0.15, -0.1) is 0 Å². The van der Waals surface area contributed by atoms with Crippen molar-refractivity contribution in [1.82, 2.24) is 4.90 Å². The molecular weight excluding hydrogens is 240 g/mol. The molecule has 1 aromatic carbocycles. The third-order valence-electron chi connectivity index (χ3n) is 2.51. The number of hydrogen-bond donors (Lipinski definition) is 1. The van der Waals surface area contributed by atoms with Gasteiger partial charge < -0.3 is 15.4 Å². The molecule has 0 fully saturated rings. The molecule has 2 N–H and O–H groups in total. The molecule has 17 heavy (non-hydrogen) atoms. The molecule has 0 aliphatic heterocycles. The van der Waals surface area contributed by atoms with Gasteiger partial charge in [0.15, 0.2) is 0 Å². The van der Waals surface area contributed by atoms with Gasteiger partial charge in [-0.3, -0.25) is 4.79 Å². The molecule has 0 radical (unpaired) electrons. The number of hydrogen-bond acceptors (Lipinski definition) is 3. The van der Waals surface area contributed by atoms with Crippen molar-refractivity contribution in [2.75, 3.05) is 21.2 Å². The minimum absolute atomic E-state index is 0.190. The van der Waals surface area contributed by atoms with Crippen LogP contribution in [0.25, 0.3) is 0 Å². The van der Waals surface area contributed by atoms with Crippen LogP contribution < -0.4 is 10.5 Å². The molecule has 0 aromatic heterocycles. The average molecular weight is 257 g/mol. The zero-order valence-electron chi connectivity index (χ0n) is 10.5. The smallest absolute Gasteiger partial charge is 0.243 e. The summed E-state index contributed by atoms with van der Waals surface area (Å²) in [6.07, 6.45) is 0. The van der Waals surface area contributed by atoms with E-state index in [4.69, 9.17) is 22.1 Å². The predicted octanol–water partition coefficient (Wildman–Crippen LogP) is 1.75. The molecule has 0 saturated heterocycles. The van der Waals surface area contributed by atoms with Crippen molar-refractivity contribution in [3.8, 4) is 5.75 Å². The van der Waals surface area contributed by atoms with Gasteiger partial charge in [0.05, 0.1) is 7.11 Å². The maximum atomic E-state index is 11.8. The molecule has 0 bridgehead atoms. The molecule has 0 spiro atoms. The van der Waals surface area contributed by atoms with Gasteiger partial charge in [-0.2, -0.15) is 0 Å². The van der Waals surface area contributed by atoms with Gasteiger partial charge in [0.1, 0.15) is 11.8 Å². The standard InChI is InChI=1S/C12H17ClN2O2/c1-7-5-8(13)6-9(11(7)17-4)10(14)12(16)15(2)3/h5-6,10H,14H2,1-4H3. The molecule has 5 heteroatoms. The Kier molecular flexibility index (Phi) is 4.37. The van der Waals surface area contributed by atoms with Crippen LogP contribution in [0.2, 0.25) is 5.02 Å². The Morgan fingerprint density at radius 1 is 1.47 bits per heavy atom. The summed E-state index contributed by atoms with van der Waals surface area (Å²) in [4.78, 5) is 13.3. The van der Waals surface area contributed by atoms with Crippen LogP contribution in [0.4, 0.5) is 0 Å². The number of rotatable bonds is 3. The highest BCUT2D eigenvalue weighted by Crippen LogP contribution is 2.31. The second-order valence-corrected chi connectivity index (χ2v) is 4.49. The van der Waals surface area contributed by atoms with Crippen LogP contribution in [-0.2, 0) is 4.79 Å². The first-order valence-corrected chi connectivity index (χ1v) is 5.57. The highest BCUT2D eigenvalue weighted by atomic mass is 35.5. The number of nitrogens with zero attached hydrogens (tertiary/aromatic N) is 1. The van der Waals surface area contributed by atoms with E-state index in [-0.39, 0.29) is 5.91 Å². The highest BCUT2D eigenvalue weighted by Gasteiger charge is 2.22. The van der Waals surface area contributed by atoms with Crippen molar-refractivity contribution in [3.05, 3.63) is 28.3 Å². The number of carbonyl (C=O) groups is 1. The second-order valence-electron chi connectivity index (χ2n) is 4.06. The number of amides is 1. The van der Waals surface area contributed by atoms with E-state index in [1.807, 2.05) is 6.92 Å². The van der Waals surface area contributed by atoms with Gasteiger partial charge in [0.25, 0.3) is 0 Å². The lowest BCUT2D eigenvalue weighted by Crippen LogP contribution is -2.33. The zero-order chi connectivity index (χ0) is 13.2. The molecule has 0 heterocycles. The maximum Gasteiger partial charge on any atom is 0.243 e. The van der Waals surface area contributed by atoms with E-state index >= 15 is 0 Å². The normalized spacial score (nSPS) is 12.1. The van der Waals surface area contributed by atoms with Crippen molar-refractivity contribution < 1.29 is 9.53 Å². The molecule has 1 rings (SSSR count). The lowest BCUT2D eigenvalue weighted by atomic mass is 10.0. The first-order valence-electron chi connectivity index (χ1n) is 5.19. The first kappa shape index (κ1) is 13.8. The van der Waals surface area contributed by atoms with E-state index in [9.17, 15) is 4.79 Å². The molecule has 4 nitrogen and oxygen atoms in total. The Labute approximate surface area is 106 Å². The number of likely N-dealkylation sites (N-methyl/N-ethyl adjacent to an activating group) is 1. The topological polar surface area (TPSA) is 55.6 Å². The van der Waals surface area contributed by atoms with Crippen LogP contribution in [0, 0.1) is 6.92 Å². The molecule has 1 amide bonds. The summed E-state index contributed by atoms with van der Waals surface area (Å²) < 4.78 is 5.27. The van der Waals surface area contributed by atoms with Crippen LogP contribution in [0.1, 0.15) is 17.2 Å². The fraction of sp³-hybridized carbons (Fsp3) is 0.417. The summed E-state index contributed by atoms with van der Waals surface area (Å²) in [6.45, 7) is 1.86. The molecule has 1 unspecified atom stereocenters. The monoisotopic (exact) mass is 256 g/mol. The summed E-state index contributed by atoms with van der Waals surface area (Å²) >= 11 is 5.97. The average Bonchev–Trinajstić information content (AvgIpc) is 2.25. The summed E-state index contributed by atoms with van der Waals surface area (Å²) in [7, 11) is 4.87. The Hall–Kier alpha value is -1.26. The van der Waals surface area contributed by atoms with E-state index < -0.39 is 6.04 Å². The zero-order valence-corrected chi connectivity index (χ0v) is 11.2. The third kappa shape index (κ3) is 2.90. The first-order chi connectivity index (χ1) is 7.88. The Balaban J connectivity index is 3.25. The molecular formula is C12H17ClN2O2. The minimum atomic E-state index is -0.766. The van der Waals surface area contributed by atoms with E-state index in [2.05, 4.69) is 0 Å². The molecule has 0 saturated carbocycles. The van der Waals surface area contributed by atoms with Crippen molar-refractivity contribution in [1.29, 1.82) is 0 Å². The van der Waals surface area contributed by atoms with E-state index in [1.54, 1.807) is 33.3 Å². The predicted molar refractivity (Wildman–Crippen MR) is 68.4 cm³/mol. The van der Waals surface area contributed by atoms with Gasteiger partial charge >= 0.3 is 0 Å². The minimum Gasteiger partial charge on any atom is -0.496 e. The van der Waals surface area contributed by atoms with Gasteiger partial charge in [-0.25, -0.2) is 0 Å². The SMILES string of the molecule is COc1c(C)cc(Cl)cc1C(N)C(=O)N(C)C. The number of carbonyl (C=O) groups excluding carboxylic acids is 1. The largest absolute Gasteiger partial charge is 0.496 e. The molecule has 0 aliphatic rings. The summed E-state index contributed by atoms with van der Waals surface area (Å²) in [6, 6.07) is 2.67. The molecule has 1 atom stereocenters. The van der Waals surface area contributed by atoms with Crippen LogP contribution in [-0.4, -0.2) is 32.0 Å². The van der Waals surface area contributed by atoms with Crippen LogP contribution in [0.5, 0.6) is 5.75 Å². The molecule has 0 aliphatic carbocycles.